The number of likely N-dealkylation sites (tertiary alicyclic amines) is 1. The lowest BCUT2D eigenvalue weighted by Crippen LogP contribution is -2.40. The van der Waals surface area contributed by atoms with E-state index < -0.39 is 6.04 Å². The molecule has 0 N–H and O–H groups in total. The summed E-state index contributed by atoms with van der Waals surface area (Å²) >= 11 is 1.50. The molecule has 0 spiro atoms. The molecule has 1 aliphatic rings. The number of carbonyl (C=O) groups excluding carboxylic acids is 1. The van der Waals surface area contributed by atoms with Gasteiger partial charge >= 0.3 is 0 Å². The maximum Gasteiger partial charge on any atom is 0.265 e. The number of amides is 1. The fraction of sp³-hybridized carbons (Fsp3) is 0.611. The first-order valence-electron chi connectivity index (χ1n) is 9.31. The van der Waals surface area contributed by atoms with Crippen molar-refractivity contribution in [3.8, 4) is 0 Å². The Bertz CT molecular complexity index is 830. The molecule has 1 aliphatic heterocycles. The third kappa shape index (κ3) is 3.90. The van der Waals surface area contributed by atoms with Crippen molar-refractivity contribution in [2.45, 2.75) is 57.1 Å². The summed E-state index contributed by atoms with van der Waals surface area (Å²) in [6.07, 6.45) is 7.91. The summed E-state index contributed by atoms with van der Waals surface area (Å²) in [4.78, 5) is 40.7. The molecule has 140 valence electrons. The van der Waals surface area contributed by atoms with Crippen molar-refractivity contribution < 1.29 is 4.79 Å². The molecular weight excluding hydrogens is 350 g/mol. The van der Waals surface area contributed by atoms with Crippen molar-refractivity contribution in [3.05, 3.63) is 22.9 Å². The average Bonchev–Trinajstić information content (AvgIpc) is 2.94. The van der Waals surface area contributed by atoms with Crippen molar-refractivity contribution >= 4 is 28.7 Å². The van der Waals surface area contributed by atoms with E-state index in [1.807, 2.05) is 18.7 Å². The van der Waals surface area contributed by atoms with E-state index in [4.69, 9.17) is 0 Å². The summed E-state index contributed by atoms with van der Waals surface area (Å²) in [6, 6.07) is -0.526. The van der Waals surface area contributed by atoms with Crippen molar-refractivity contribution in [3.63, 3.8) is 0 Å². The van der Waals surface area contributed by atoms with Gasteiger partial charge in [-0.1, -0.05) is 38.5 Å². The number of aromatic nitrogens is 4. The lowest BCUT2D eigenvalue weighted by Gasteiger charge is -2.26. The van der Waals surface area contributed by atoms with Crippen LogP contribution < -0.4 is 5.56 Å². The predicted octanol–water partition coefficient (Wildman–Crippen LogP) is 2.65. The van der Waals surface area contributed by atoms with Crippen LogP contribution in [0.25, 0.3) is 11.0 Å². The molecule has 3 rings (SSSR count). The number of nitrogens with zero attached hydrogens (tertiary/aromatic N) is 5. The smallest absolute Gasteiger partial charge is 0.265 e. The van der Waals surface area contributed by atoms with Gasteiger partial charge in [0.1, 0.15) is 17.8 Å². The zero-order chi connectivity index (χ0) is 18.5. The highest BCUT2D eigenvalue weighted by Crippen LogP contribution is 2.19. The van der Waals surface area contributed by atoms with Crippen molar-refractivity contribution in [1.82, 2.24) is 24.4 Å². The molecule has 3 heterocycles. The number of hydrogen-bond acceptors (Lipinski definition) is 6. The lowest BCUT2D eigenvalue weighted by atomic mass is 10.1. The average molecular weight is 375 g/mol. The van der Waals surface area contributed by atoms with Gasteiger partial charge in [0.15, 0.2) is 10.8 Å². The van der Waals surface area contributed by atoms with Crippen LogP contribution in [0.5, 0.6) is 0 Å². The van der Waals surface area contributed by atoms with Crippen LogP contribution in [0, 0.1) is 0 Å². The standard InChI is InChI=1S/C18H25N5O2S/c1-3-14(17(25)22-9-7-5-6-8-10-22)23-12-20-15-13(16(23)24)11-19-18(21-15)26-4-2/h11-12,14H,3-10H2,1-2H3/t14-/m1/s1. The van der Waals surface area contributed by atoms with Crippen LogP contribution in [0.15, 0.2) is 22.5 Å². The summed E-state index contributed by atoms with van der Waals surface area (Å²) in [5, 5.41) is 0.965. The van der Waals surface area contributed by atoms with E-state index in [1.54, 1.807) is 0 Å². The molecule has 0 aromatic carbocycles. The van der Waals surface area contributed by atoms with E-state index in [0.29, 0.717) is 22.6 Å². The van der Waals surface area contributed by atoms with Gasteiger partial charge < -0.3 is 4.90 Å². The minimum Gasteiger partial charge on any atom is -0.341 e. The molecular formula is C18H25N5O2S. The molecule has 0 saturated carbocycles. The second kappa shape index (κ2) is 8.62. The number of hydrogen-bond donors (Lipinski definition) is 0. The fourth-order valence-corrected chi connectivity index (χ4v) is 3.86. The second-order valence-corrected chi connectivity index (χ2v) is 7.67. The van der Waals surface area contributed by atoms with Crippen LogP contribution in [0.3, 0.4) is 0 Å². The Labute approximate surface area is 157 Å². The van der Waals surface area contributed by atoms with Gasteiger partial charge in [-0.2, -0.15) is 0 Å². The van der Waals surface area contributed by atoms with E-state index in [9.17, 15) is 9.59 Å². The van der Waals surface area contributed by atoms with Crippen LogP contribution in [-0.2, 0) is 4.79 Å². The van der Waals surface area contributed by atoms with Crippen LogP contribution in [0.4, 0.5) is 0 Å². The molecule has 1 amide bonds. The Hall–Kier alpha value is -1.96. The van der Waals surface area contributed by atoms with Gasteiger partial charge in [-0.05, 0) is 25.0 Å². The quantitative estimate of drug-likeness (QED) is 0.590. The zero-order valence-corrected chi connectivity index (χ0v) is 16.2. The van der Waals surface area contributed by atoms with Gasteiger partial charge in [0.2, 0.25) is 5.91 Å². The molecule has 0 aliphatic carbocycles. The Morgan fingerprint density at radius 3 is 2.58 bits per heavy atom. The van der Waals surface area contributed by atoms with Gasteiger partial charge in [-0.15, -0.1) is 0 Å². The van der Waals surface area contributed by atoms with Crippen molar-refractivity contribution in [1.29, 1.82) is 0 Å². The largest absolute Gasteiger partial charge is 0.341 e. The minimum atomic E-state index is -0.526. The second-order valence-electron chi connectivity index (χ2n) is 6.44. The van der Waals surface area contributed by atoms with Crippen LogP contribution in [0.2, 0.25) is 0 Å². The Balaban J connectivity index is 1.94. The van der Waals surface area contributed by atoms with E-state index >= 15 is 0 Å². The van der Waals surface area contributed by atoms with Gasteiger partial charge in [-0.3, -0.25) is 14.2 Å². The number of rotatable bonds is 5. The molecule has 26 heavy (non-hydrogen) atoms. The van der Waals surface area contributed by atoms with Gasteiger partial charge in [0.25, 0.3) is 5.56 Å². The first-order valence-corrected chi connectivity index (χ1v) is 10.3. The Morgan fingerprint density at radius 1 is 1.19 bits per heavy atom. The molecule has 1 saturated heterocycles. The SMILES string of the molecule is CCSc1ncc2c(=O)n([C@H](CC)C(=O)N3CCCCCC3)cnc2n1. The van der Waals surface area contributed by atoms with Gasteiger partial charge in [0, 0.05) is 19.3 Å². The molecule has 7 nitrogen and oxygen atoms in total. The maximum atomic E-state index is 13.0. The first-order chi connectivity index (χ1) is 12.7. The van der Waals surface area contributed by atoms with E-state index in [-0.39, 0.29) is 11.5 Å². The minimum absolute atomic E-state index is 0.0109. The molecule has 0 bridgehead atoms. The van der Waals surface area contributed by atoms with E-state index in [1.165, 1.54) is 28.9 Å². The normalized spacial score (nSPS) is 16.5. The van der Waals surface area contributed by atoms with Crippen LogP contribution >= 0.6 is 11.8 Å². The molecule has 1 fully saturated rings. The molecule has 2 aromatic rings. The number of thioether (sulfide) groups is 1. The van der Waals surface area contributed by atoms with Crippen LogP contribution in [-0.4, -0.2) is 49.2 Å². The topological polar surface area (TPSA) is 81.0 Å². The summed E-state index contributed by atoms with van der Waals surface area (Å²) in [7, 11) is 0. The number of fused-ring (bicyclic) bond motifs is 1. The molecule has 0 radical (unpaired) electrons. The predicted molar refractivity (Wildman–Crippen MR) is 102 cm³/mol. The summed E-state index contributed by atoms with van der Waals surface area (Å²) in [5.74, 6) is 0.863. The number of carbonyl (C=O) groups is 1. The van der Waals surface area contributed by atoms with E-state index in [0.717, 1.165) is 44.5 Å². The Kier molecular flexibility index (Phi) is 6.24. The van der Waals surface area contributed by atoms with E-state index in [2.05, 4.69) is 15.0 Å². The van der Waals surface area contributed by atoms with Crippen molar-refractivity contribution in [2.24, 2.45) is 0 Å². The molecule has 2 aromatic heterocycles. The fourth-order valence-electron chi connectivity index (χ4n) is 3.33. The highest BCUT2D eigenvalue weighted by atomic mass is 32.2. The molecule has 0 unspecified atom stereocenters. The highest BCUT2D eigenvalue weighted by molar-refractivity contribution is 7.99. The van der Waals surface area contributed by atoms with Crippen LogP contribution in [0.1, 0.15) is 52.0 Å². The maximum absolute atomic E-state index is 13.0. The highest BCUT2D eigenvalue weighted by Gasteiger charge is 2.26. The third-order valence-electron chi connectivity index (χ3n) is 4.71. The lowest BCUT2D eigenvalue weighted by molar-refractivity contribution is -0.135. The summed E-state index contributed by atoms with van der Waals surface area (Å²) in [5.41, 5.74) is 0.132. The monoisotopic (exact) mass is 375 g/mol. The van der Waals surface area contributed by atoms with Gasteiger partial charge in [0.05, 0.1) is 0 Å². The first kappa shape index (κ1) is 18.8. The zero-order valence-electron chi connectivity index (χ0n) is 15.3. The Morgan fingerprint density at radius 2 is 1.92 bits per heavy atom. The third-order valence-corrected chi connectivity index (χ3v) is 5.46. The summed E-state index contributed by atoms with van der Waals surface area (Å²) < 4.78 is 1.45. The van der Waals surface area contributed by atoms with Crippen molar-refractivity contribution in [2.75, 3.05) is 18.8 Å². The summed E-state index contributed by atoms with van der Waals surface area (Å²) in [6.45, 7) is 5.48. The van der Waals surface area contributed by atoms with Gasteiger partial charge in [-0.25, -0.2) is 15.0 Å². The molecule has 8 heteroatoms. The molecule has 1 atom stereocenters.